The normalized spacial score (nSPS) is 12.4. The Morgan fingerprint density at radius 3 is 2.79 bits per heavy atom. The fraction of sp³-hybridized carbons (Fsp3) is 0. The van der Waals surface area contributed by atoms with E-state index < -0.39 is 0 Å². The minimum absolute atomic E-state index is 0.499. The lowest BCUT2D eigenvalue weighted by atomic mass is 10.2. The summed E-state index contributed by atoms with van der Waals surface area (Å²) < 4.78 is 12.4. The fourth-order valence-electron chi connectivity index (χ4n) is 1.06. The van der Waals surface area contributed by atoms with Crippen LogP contribution in [0, 0.1) is 0 Å². The van der Waals surface area contributed by atoms with Gasteiger partial charge in [0.1, 0.15) is 10.2 Å². The van der Waals surface area contributed by atoms with E-state index in [4.69, 9.17) is 5.73 Å². The number of nitrogens with zero attached hydrogens (tertiary/aromatic N) is 2. The van der Waals surface area contributed by atoms with Crippen LogP contribution in [0.5, 0.6) is 0 Å². The highest BCUT2D eigenvalue weighted by Crippen LogP contribution is 2.48. The van der Waals surface area contributed by atoms with Gasteiger partial charge in [-0.15, -0.1) is 8.73 Å². The van der Waals surface area contributed by atoms with Crippen LogP contribution in [0.15, 0.2) is 17.7 Å². The maximum atomic E-state index is 5.83. The van der Waals surface area contributed by atoms with E-state index in [2.05, 4.69) is 57.4 Å². The number of benzene rings is 1. The molecule has 0 atom stereocenters. The van der Waals surface area contributed by atoms with Gasteiger partial charge in [-0.3, -0.25) is 0 Å². The molecule has 0 saturated heterocycles. The molecule has 1 heterocycles. The van der Waals surface area contributed by atoms with E-state index in [0.717, 1.165) is 20.3 Å². The standard InChI is InChI=1S/C6H2Br2N4S2/c7-1-3(9)4(10-13)2(8)6-5(1)11-14-12-6/h9H2/p+1. The summed E-state index contributed by atoms with van der Waals surface area (Å²) in [6.45, 7) is 0. The molecule has 0 saturated carbocycles. The summed E-state index contributed by atoms with van der Waals surface area (Å²) >= 11 is 12.6. The summed E-state index contributed by atoms with van der Waals surface area (Å²) in [5.41, 5.74) is 8.51. The molecule has 1 aliphatic rings. The van der Waals surface area contributed by atoms with Gasteiger partial charge in [-0.25, -0.2) is 0 Å². The van der Waals surface area contributed by atoms with Gasteiger partial charge in [0.15, 0.2) is 5.69 Å². The average molecular weight is 355 g/mol. The molecule has 0 radical (unpaired) electrons. The molecule has 0 aromatic heterocycles. The smallest absolute Gasteiger partial charge is 0.262 e. The maximum Gasteiger partial charge on any atom is 0.262 e. The monoisotopic (exact) mass is 353 g/mol. The van der Waals surface area contributed by atoms with E-state index >= 15 is 0 Å². The highest BCUT2D eigenvalue weighted by molar-refractivity contribution is 9.11. The van der Waals surface area contributed by atoms with E-state index in [1.54, 1.807) is 0 Å². The second-order valence-electron chi connectivity index (χ2n) is 2.49. The number of hydrogen-bond acceptors (Lipinski definition) is 4. The molecule has 0 unspecified atom stereocenters. The van der Waals surface area contributed by atoms with Crippen molar-refractivity contribution in [3.63, 3.8) is 0 Å². The number of halogens is 2. The Kier molecular flexibility index (Phi) is 2.78. The van der Waals surface area contributed by atoms with Crippen molar-refractivity contribution in [1.29, 1.82) is 0 Å². The molecular formula is C6H3Br2N4S2+. The number of nitrogens with one attached hydrogen (secondary N) is 1. The van der Waals surface area contributed by atoms with Crippen LogP contribution >= 0.6 is 31.9 Å². The third kappa shape index (κ3) is 1.37. The molecule has 1 aromatic carbocycles. The third-order valence-corrected chi connectivity index (χ3v) is 4.07. The van der Waals surface area contributed by atoms with Gasteiger partial charge >= 0.3 is 0 Å². The summed E-state index contributed by atoms with van der Waals surface area (Å²) in [6, 6.07) is 0. The van der Waals surface area contributed by atoms with Crippen molar-refractivity contribution in [3.05, 3.63) is 8.95 Å². The van der Waals surface area contributed by atoms with Gasteiger partial charge in [-0.1, -0.05) is 0 Å². The van der Waals surface area contributed by atoms with Crippen molar-refractivity contribution in [2.45, 2.75) is 0 Å². The average Bonchev–Trinajstić information content (AvgIpc) is 2.64. The van der Waals surface area contributed by atoms with Gasteiger partial charge in [0.05, 0.1) is 10.2 Å². The van der Waals surface area contributed by atoms with Gasteiger partial charge in [0, 0.05) is 12.4 Å². The summed E-state index contributed by atoms with van der Waals surface area (Å²) in [4.78, 5) is 0. The van der Waals surface area contributed by atoms with Crippen molar-refractivity contribution in [2.75, 3.05) is 5.73 Å². The topological polar surface area (TPSA) is 64.7 Å². The van der Waals surface area contributed by atoms with Crippen LogP contribution in [0.4, 0.5) is 22.7 Å². The third-order valence-electron chi connectivity index (χ3n) is 1.74. The molecule has 1 aliphatic heterocycles. The molecule has 72 valence electrons. The SMILES string of the molecule is Nc1c(Br)c2c(c(Br)c1N=S)[NH+]=S=N2. The molecule has 1 aromatic rings. The van der Waals surface area contributed by atoms with Crippen LogP contribution < -0.4 is 10.1 Å². The van der Waals surface area contributed by atoms with Crippen LogP contribution in [-0.2, 0) is 23.8 Å². The van der Waals surface area contributed by atoms with Crippen LogP contribution in [-0.4, -0.2) is 0 Å². The minimum atomic E-state index is 0.499. The molecule has 4 nitrogen and oxygen atoms in total. The number of nitrogens with two attached hydrogens (primary N) is 1. The number of anilines is 1. The highest BCUT2D eigenvalue weighted by Gasteiger charge is 2.26. The first-order valence-electron chi connectivity index (χ1n) is 3.43. The van der Waals surface area contributed by atoms with E-state index in [0.29, 0.717) is 11.4 Å². The molecule has 3 N–H and O–H groups in total. The Labute approximate surface area is 106 Å². The zero-order valence-corrected chi connectivity index (χ0v) is 11.3. The van der Waals surface area contributed by atoms with Crippen LogP contribution in [0.3, 0.4) is 0 Å². The predicted molar refractivity (Wildman–Crippen MR) is 65.8 cm³/mol. The Hall–Kier alpha value is -0.180. The summed E-state index contributed by atoms with van der Waals surface area (Å²) in [5.74, 6) is 0. The lowest BCUT2D eigenvalue weighted by molar-refractivity contribution is -0.314. The Balaban J connectivity index is 2.88. The largest absolute Gasteiger partial charge is 0.396 e. The summed E-state index contributed by atoms with van der Waals surface area (Å²) in [7, 11) is 0. The van der Waals surface area contributed by atoms with Crippen molar-refractivity contribution in [1.82, 2.24) is 0 Å². The lowest BCUT2D eigenvalue weighted by Crippen LogP contribution is -2.56. The predicted octanol–water partition coefficient (Wildman–Crippen LogP) is 1.96. The summed E-state index contributed by atoms with van der Waals surface area (Å²) in [6.07, 6.45) is 0. The molecular weight excluding hydrogens is 352 g/mol. The quantitative estimate of drug-likeness (QED) is 0.769. The number of fused-ring (bicyclic) bond motifs is 1. The van der Waals surface area contributed by atoms with Gasteiger partial charge in [-0.05, 0) is 31.9 Å². The molecule has 2 rings (SSSR count). The Bertz CT molecular complexity index is 501. The minimum Gasteiger partial charge on any atom is -0.396 e. The van der Waals surface area contributed by atoms with Crippen LogP contribution in [0.2, 0.25) is 0 Å². The van der Waals surface area contributed by atoms with E-state index in [9.17, 15) is 0 Å². The van der Waals surface area contributed by atoms with E-state index in [1.807, 2.05) is 0 Å². The fourth-order valence-corrected chi connectivity index (χ4v) is 3.29. The second kappa shape index (κ2) is 3.76. The van der Waals surface area contributed by atoms with E-state index in [-0.39, 0.29) is 0 Å². The van der Waals surface area contributed by atoms with Crippen molar-refractivity contribution in [3.8, 4) is 0 Å². The first-order valence-corrected chi connectivity index (χ1v) is 6.16. The molecule has 0 amide bonds. The maximum absolute atomic E-state index is 5.83. The number of nitrogen functional groups attached to an aromatic ring is 1. The summed E-state index contributed by atoms with van der Waals surface area (Å²) in [5, 5.41) is 0. The first-order chi connectivity index (χ1) is 6.66. The molecule has 0 aliphatic carbocycles. The zero-order chi connectivity index (χ0) is 10.3. The molecule has 14 heavy (non-hydrogen) atoms. The Morgan fingerprint density at radius 2 is 2.14 bits per heavy atom. The molecule has 0 spiro atoms. The van der Waals surface area contributed by atoms with Gasteiger partial charge in [0.2, 0.25) is 0 Å². The van der Waals surface area contributed by atoms with Crippen molar-refractivity contribution in [2.24, 2.45) is 8.73 Å². The van der Waals surface area contributed by atoms with Crippen LogP contribution in [0.25, 0.3) is 0 Å². The second-order valence-corrected chi connectivity index (χ2v) is 4.83. The van der Waals surface area contributed by atoms with Gasteiger partial charge < -0.3 is 5.73 Å². The van der Waals surface area contributed by atoms with Crippen molar-refractivity contribution >= 4 is 78.4 Å². The zero-order valence-electron chi connectivity index (χ0n) is 6.54. The van der Waals surface area contributed by atoms with Gasteiger partial charge in [-0.2, -0.15) is 4.36 Å². The van der Waals surface area contributed by atoms with Gasteiger partial charge in [0.25, 0.3) is 17.0 Å². The van der Waals surface area contributed by atoms with Crippen molar-refractivity contribution < 1.29 is 4.36 Å². The molecule has 8 heteroatoms. The number of hydrogen-bond donors (Lipinski definition) is 2. The number of rotatable bonds is 1. The molecule has 0 bridgehead atoms. The first kappa shape index (κ1) is 10.3. The van der Waals surface area contributed by atoms with E-state index in [1.165, 1.54) is 11.4 Å². The Morgan fingerprint density at radius 1 is 1.43 bits per heavy atom. The highest BCUT2D eigenvalue weighted by atomic mass is 79.9. The van der Waals surface area contributed by atoms with Crippen LogP contribution in [0.1, 0.15) is 0 Å². The lowest BCUT2D eigenvalue weighted by Gasteiger charge is -2.05. The molecule has 0 fully saturated rings.